The van der Waals surface area contributed by atoms with Crippen LogP contribution in [0.3, 0.4) is 0 Å². The third-order valence-electron chi connectivity index (χ3n) is 9.15. The molecule has 0 saturated heterocycles. The Morgan fingerprint density at radius 2 is 1.34 bits per heavy atom. The van der Waals surface area contributed by atoms with Crippen LogP contribution in [-0.4, -0.2) is 28.3 Å². The first-order valence-corrected chi connectivity index (χ1v) is 15.5. The lowest BCUT2D eigenvalue weighted by molar-refractivity contribution is -0.394. The number of nitro groups is 2. The monoisotopic (exact) mass is 564 g/mol. The number of benzene rings is 2. The molecule has 8 nitrogen and oxygen atoms in total. The smallest absolute Gasteiger partial charge is 0.277 e. The number of nitro benzene ring substituents is 2. The number of carbonyl (C=O) groups excluding carboxylic acids is 1. The predicted molar refractivity (Wildman–Crippen MR) is 159 cm³/mol. The van der Waals surface area contributed by atoms with Gasteiger partial charge in [0.15, 0.2) is 5.78 Å². The van der Waals surface area contributed by atoms with Crippen LogP contribution in [0.15, 0.2) is 42.5 Å². The van der Waals surface area contributed by atoms with Crippen molar-refractivity contribution >= 4 is 17.2 Å². The average Bonchev–Trinajstić information content (AvgIpc) is 3.00. The lowest BCUT2D eigenvalue weighted by Gasteiger charge is -2.32. The Morgan fingerprint density at radius 3 is 1.93 bits per heavy atom. The van der Waals surface area contributed by atoms with Gasteiger partial charge in [0.1, 0.15) is 0 Å². The highest BCUT2D eigenvalue weighted by Gasteiger charge is 2.26. The fourth-order valence-corrected chi connectivity index (χ4v) is 6.57. The van der Waals surface area contributed by atoms with Crippen LogP contribution in [-0.2, 0) is 4.74 Å². The van der Waals surface area contributed by atoms with Crippen molar-refractivity contribution in [3.8, 4) is 0 Å². The Balaban J connectivity index is 1.20. The van der Waals surface area contributed by atoms with Crippen LogP contribution >= 0.6 is 0 Å². The van der Waals surface area contributed by atoms with Gasteiger partial charge in [-0.2, -0.15) is 0 Å². The molecule has 0 atom stereocenters. The topological polar surface area (TPSA) is 113 Å². The minimum atomic E-state index is -0.728. The molecule has 0 spiro atoms. The summed E-state index contributed by atoms with van der Waals surface area (Å²) in [5.41, 5.74) is 0.509. The van der Waals surface area contributed by atoms with Gasteiger partial charge in [0, 0.05) is 29.9 Å². The number of ketones is 1. The highest BCUT2D eigenvalue weighted by molar-refractivity contribution is 6.09. The highest BCUT2D eigenvalue weighted by Crippen LogP contribution is 2.36. The quantitative estimate of drug-likeness (QED) is 0.0979. The minimum Gasteiger partial charge on any atom is -0.378 e. The van der Waals surface area contributed by atoms with E-state index in [1.807, 2.05) is 12.1 Å². The number of unbranched alkanes of at least 4 members (excludes halogenated alkanes) is 4. The molecule has 2 saturated carbocycles. The van der Waals surface area contributed by atoms with Crippen molar-refractivity contribution in [1.82, 2.24) is 0 Å². The van der Waals surface area contributed by atoms with E-state index in [0.29, 0.717) is 23.5 Å². The average molecular weight is 565 g/mol. The van der Waals surface area contributed by atoms with Gasteiger partial charge in [0.05, 0.1) is 22.0 Å². The number of ether oxygens (including phenoxy) is 1. The molecular weight excluding hydrogens is 520 g/mol. The second kappa shape index (κ2) is 15.2. The van der Waals surface area contributed by atoms with E-state index in [4.69, 9.17) is 4.74 Å². The molecule has 41 heavy (non-hydrogen) atoms. The number of non-ortho nitro benzene ring substituents is 2. The van der Waals surface area contributed by atoms with Gasteiger partial charge in [-0.3, -0.25) is 25.0 Å². The highest BCUT2D eigenvalue weighted by atomic mass is 16.6. The number of carbonyl (C=O) groups is 1. The summed E-state index contributed by atoms with van der Waals surface area (Å²) < 4.78 is 6.38. The number of rotatable bonds is 14. The molecule has 2 aromatic rings. The van der Waals surface area contributed by atoms with E-state index in [1.165, 1.54) is 64.2 Å². The molecule has 4 rings (SSSR count). The molecule has 2 fully saturated rings. The Hall–Kier alpha value is -3.13. The molecule has 0 N–H and O–H groups in total. The van der Waals surface area contributed by atoms with Crippen molar-refractivity contribution in [1.29, 1.82) is 0 Å². The Bertz CT molecular complexity index is 1130. The molecule has 0 bridgehead atoms. The molecule has 2 aromatic carbocycles. The van der Waals surface area contributed by atoms with Crippen LogP contribution in [0.2, 0.25) is 0 Å². The van der Waals surface area contributed by atoms with Crippen LogP contribution in [0.5, 0.6) is 0 Å². The van der Waals surface area contributed by atoms with Crippen LogP contribution < -0.4 is 0 Å². The minimum absolute atomic E-state index is 0.0628. The summed E-state index contributed by atoms with van der Waals surface area (Å²) in [5.74, 6) is 1.57. The molecule has 222 valence electrons. The van der Waals surface area contributed by atoms with E-state index in [-0.39, 0.29) is 5.56 Å². The van der Waals surface area contributed by atoms with Gasteiger partial charge >= 0.3 is 0 Å². The van der Waals surface area contributed by atoms with Crippen LogP contribution in [0.4, 0.5) is 11.4 Å². The molecule has 0 aliphatic heterocycles. The molecule has 0 radical (unpaired) electrons. The molecular formula is C33H44N2O6. The first-order valence-electron chi connectivity index (χ1n) is 15.5. The third-order valence-corrected chi connectivity index (χ3v) is 9.15. The van der Waals surface area contributed by atoms with Crippen molar-refractivity contribution in [2.75, 3.05) is 6.61 Å². The number of hydrogen-bond acceptors (Lipinski definition) is 6. The maximum absolute atomic E-state index is 13.0. The van der Waals surface area contributed by atoms with Gasteiger partial charge in [-0.25, -0.2) is 0 Å². The molecule has 2 aliphatic carbocycles. The third kappa shape index (κ3) is 8.93. The van der Waals surface area contributed by atoms with Crippen LogP contribution in [0.25, 0.3) is 0 Å². The van der Waals surface area contributed by atoms with E-state index in [2.05, 4.69) is 6.92 Å². The molecule has 0 aromatic heterocycles. The predicted octanol–water partition coefficient (Wildman–Crippen LogP) is 8.94. The Labute approximate surface area is 243 Å². The Kier molecular flexibility index (Phi) is 11.4. The van der Waals surface area contributed by atoms with E-state index in [0.717, 1.165) is 62.0 Å². The van der Waals surface area contributed by atoms with Gasteiger partial charge in [0.25, 0.3) is 11.4 Å². The molecule has 0 amide bonds. The maximum atomic E-state index is 13.0. The van der Waals surface area contributed by atoms with E-state index >= 15 is 0 Å². The zero-order valence-electron chi connectivity index (χ0n) is 24.3. The largest absolute Gasteiger partial charge is 0.378 e. The van der Waals surface area contributed by atoms with Crippen molar-refractivity contribution in [3.63, 3.8) is 0 Å². The molecule has 0 unspecified atom stereocenters. The second-order valence-corrected chi connectivity index (χ2v) is 12.1. The first-order chi connectivity index (χ1) is 19.8. The summed E-state index contributed by atoms with van der Waals surface area (Å²) in [6, 6.07) is 10.3. The van der Waals surface area contributed by atoms with Crippen molar-refractivity contribution in [2.45, 2.75) is 109 Å². The van der Waals surface area contributed by atoms with Crippen LogP contribution in [0, 0.1) is 32.1 Å². The van der Waals surface area contributed by atoms with Crippen molar-refractivity contribution in [3.05, 3.63) is 79.4 Å². The molecule has 2 aliphatic rings. The van der Waals surface area contributed by atoms with Gasteiger partial charge in [0.2, 0.25) is 0 Å². The van der Waals surface area contributed by atoms with Crippen LogP contribution in [0.1, 0.15) is 124 Å². The van der Waals surface area contributed by atoms with Gasteiger partial charge in [-0.15, -0.1) is 0 Å². The zero-order chi connectivity index (χ0) is 29.2. The number of nitrogens with zero attached hydrogens (tertiary/aromatic N) is 2. The summed E-state index contributed by atoms with van der Waals surface area (Å²) in [6.07, 6.45) is 18.1. The fourth-order valence-electron chi connectivity index (χ4n) is 6.57. The SMILES string of the molecule is CCCCCCCC1CCC(COC2CCC(c3ccc(C(=O)c4cc([N+](=O)[O-])cc([N+](=O)[O-])c4)cc3)CC2)CC1. The lowest BCUT2D eigenvalue weighted by atomic mass is 9.80. The van der Waals surface area contributed by atoms with Crippen molar-refractivity contribution < 1.29 is 19.4 Å². The first kappa shape index (κ1) is 30.8. The summed E-state index contributed by atoms with van der Waals surface area (Å²) in [5, 5.41) is 22.4. The van der Waals surface area contributed by atoms with E-state index in [9.17, 15) is 25.0 Å². The lowest BCUT2D eigenvalue weighted by Crippen LogP contribution is -2.25. The molecule has 0 heterocycles. The van der Waals surface area contributed by atoms with E-state index < -0.39 is 27.0 Å². The summed E-state index contributed by atoms with van der Waals surface area (Å²) in [7, 11) is 0. The Morgan fingerprint density at radius 1 is 0.756 bits per heavy atom. The molecule has 8 heteroatoms. The summed E-state index contributed by atoms with van der Waals surface area (Å²) in [4.78, 5) is 33.9. The standard InChI is InChI=1S/C33H44N2O6/c1-2-3-4-5-6-7-24-8-10-25(11-9-24)23-41-32-18-16-27(17-19-32)26-12-14-28(15-13-26)33(36)29-20-30(34(37)38)22-31(21-29)35(39)40/h12-15,20-22,24-25,27,32H,2-11,16-19,23H2,1H3. The van der Waals surface area contributed by atoms with Gasteiger partial charge in [-0.1, -0.05) is 82.6 Å². The second-order valence-electron chi connectivity index (χ2n) is 12.1. The van der Waals surface area contributed by atoms with E-state index in [1.54, 1.807) is 12.1 Å². The zero-order valence-corrected chi connectivity index (χ0v) is 24.3. The number of hydrogen-bond donors (Lipinski definition) is 0. The normalized spacial score (nSPS) is 22.8. The fraction of sp³-hybridized carbons (Fsp3) is 0.606. The van der Waals surface area contributed by atoms with Gasteiger partial charge < -0.3 is 4.74 Å². The summed E-state index contributed by atoms with van der Waals surface area (Å²) >= 11 is 0. The maximum Gasteiger partial charge on any atom is 0.277 e. The summed E-state index contributed by atoms with van der Waals surface area (Å²) in [6.45, 7) is 3.16. The van der Waals surface area contributed by atoms with Crippen molar-refractivity contribution in [2.24, 2.45) is 11.8 Å². The van der Waals surface area contributed by atoms with Gasteiger partial charge in [-0.05, 0) is 61.8 Å².